The van der Waals surface area contributed by atoms with Crippen LogP contribution >= 0.6 is 0 Å². The van der Waals surface area contributed by atoms with Crippen molar-refractivity contribution in [1.82, 2.24) is 0 Å². The second-order valence-corrected chi connectivity index (χ2v) is 13.0. The van der Waals surface area contributed by atoms with E-state index >= 15 is 0 Å². The first kappa shape index (κ1) is 23.3. The molecule has 4 rings (SSSR count). The molecule has 0 aromatic rings. The first-order valence-electron chi connectivity index (χ1n) is 13.1. The second kappa shape index (κ2) is 7.89. The first-order valence-corrected chi connectivity index (χ1v) is 13.1. The fraction of sp³-hybridized carbons (Fsp3) is 0.800. The van der Waals surface area contributed by atoms with Crippen molar-refractivity contribution in [1.29, 1.82) is 0 Å². The van der Waals surface area contributed by atoms with E-state index in [2.05, 4.69) is 66.7 Å². The van der Waals surface area contributed by atoms with E-state index in [4.69, 9.17) is 0 Å². The van der Waals surface area contributed by atoms with Crippen LogP contribution < -0.4 is 0 Å². The number of aliphatic hydroxyl groups is 1. The maximum Gasteiger partial charge on any atom is 0.0522 e. The molecule has 0 radical (unpaired) electrons. The molecule has 1 heteroatoms. The summed E-state index contributed by atoms with van der Waals surface area (Å²) in [5, 5.41) is 10.3. The summed E-state index contributed by atoms with van der Waals surface area (Å²) in [6.07, 6.45) is 18.9. The van der Waals surface area contributed by atoms with Crippen molar-refractivity contribution >= 4 is 0 Å². The number of aliphatic hydroxyl groups excluding tert-OH is 1. The van der Waals surface area contributed by atoms with Gasteiger partial charge in [0.25, 0.3) is 0 Å². The van der Waals surface area contributed by atoms with Gasteiger partial charge in [0.1, 0.15) is 0 Å². The molecule has 0 bridgehead atoms. The van der Waals surface area contributed by atoms with E-state index in [1.54, 1.807) is 5.57 Å². The Morgan fingerprint density at radius 3 is 2.42 bits per heavy atom. The second-order valence-electron chi connectivity index (χ2n) is 13.0. The Morgan fingerprint density at radius 1 is 1.00 bits per heavy atom. The van der Waals surface area contributed by atoms with E-state index in [0.717, 1.165) is 11.8 Å². The fourth-order valence-electron chi connectivity index (χ4n) is 9.37. The monoisotopic (exact) mass is 424 g/mol. The highest BCUT2D eigenvalue weighted by Gasteiger charge is 2.66. The molecule has 3 fully saturated rings. The van der Waals surface area contributed by atoms with Crippen LogP contribution in [0.25, 0.3) is 0 Å². The summed E-state index contributed by atoms with van der Waals surface area (Å²) in [4.78, 5) is 0. The highest BCUT2D eigenvalue weighted by atomic mass is 16.3. The predicted octanol–water partition coefficient (Wildman–Crippen LogP) is 8.26. The Bertz CT molecular complexity index is 797. The summed E-state index contributed by atoms with van der Waals surface area (Å²) >= 11 is 0. The van der Waals surface area contributed by atoms with E-state index in [0.29, 0.717) is 28.8 Å². The minimum atomic E-state index is -0.0334. The molecule has 1 nitrogen and oxygen atoms in total. The van der Waals surface area contributed by atoms with Gasteiger partial charge in [-0.25, -0.2) is 0 Å². The van der Waals surface area contributed by atoms with Crippen LogP contribution in [0.2, 0.25) is 0 Å². The van der Waals surface area contributed by atoms with Gasteiger partial charge in [0.05, 0.1) is 6.61 Å². The zero-order chi connectivity index (χ0) is 22.7. The van der Waals surface area contributed by atoms with E-state index in [9.17, 15) is 5.11 Å². The average molecular weight is 425 g/mol. The third-order valence-electron chi connectivity index (χ3n) is 11.3. The lowest BCUT2D eigenvalue weighted by Gasteiger charge is -2.68. The molecule has 174 valence electrons. The van der Waals surface area contributed by atoms with Gasteiger partial charge in [0.2, 0.25) is 0 Å². The van der Waals surface area contributed by atoms with Gasteiger partial charge >= 0.3 is 0 Å². The fourth-order valence-corrected chi connectivity index (χ4v) is 9.37. The van der Waals surface area contributed by atoms with E-state index < -0.39 is 0 Å². The van der Waals surface area contributed by atoms with Gasteiger partial charge in [-0.2, -0.15) is 0 Å². The number of hydrogen-bond donors (Lipinski definition) is 1. The van der Waals surface area contributed by atoms with Crippen LogP contribution in [-0.2, 0) is 0 Å². The third-order valence-corrected chi connectivity index (χ3v) is 11.3. The molecule has 7 atom stereocenters. The molecule has 3 saturated carbocycles. The number of rotatable bonds is 4. The maximum atomic E-state index is 10.3. The molecule has 0 aromatic carbocycles. The van der Waals surface area contributed by atoms with Gasteiger partial charge in [-0.1, -0.05) is 62.6 Å². The van der Waals surface area contributed by atoms with E-state index in [-0.39, 0.29) is 5.41 Å². The Balaban J connectivity index is 1.65. The number of fused-ring (bicyclic) bond motifs is 5. The van der Waals surface area contributed by atoms with Crippen LogP contribution in [-0.4, -0.2) is 11.7 Å². The predicted molar refractivity (Wildman–Crippen MR) is 133 cm³/mol. The maximum absolute atomic E-state index is 10.3. The van der Waals surface area contributed by atoms with Crippen LogP contribution in [0.4, 0.5) is 0 Å². The number of hydrogen-bond acceptors (Lipinski definition) is 1. The van der Waals surface area contributed by atoms with Gasteiger partial charge < -0.3 is 5.11 Å². The van der Waals surface area contributed by atoms with Gasteiger partial charge in [-0.05, 0) is 113 Å². The summed E-state index contributed by atoms with van der Waals surface area (Å²) in [6.45, 7) is 17.4. The smallest absolute Gasteiger partial charge is 0.0522 e. The molecule has 0 spiro atoms. The summed E-state index contributed by atoms with van der Waals surface area (Å²) in [5.41, 5.74) is 6.13. The molecule has 31 heavy (non-hydrogen) atoms. The quantitative estimate of drug-likeness (QED) is 0.450. The normalized spacial score (nSPS) is 47.9. The molecule has 0 heterocycles. The molecule has 0 aromatic heterocycles. The van der Waals surface area contributed by atoms with Crippen molar-refractivity contribution in [2.45, 2.75) is 106 Å². The molecule has 1 N–H and O–H groups in total. The van der Waals surface area contributed by atoms with Crippen molar-refractivity contribution in [3.8, 4) is 0 Å². The van der Waals surface area contributed by atoms with Crippen LogP contribution in [0.5, 0.6) is 0 Å². The Morgan fingerprint density at radius 2 is 1.74 bits per heavy atom. The lowest BCUT2D eigenvalue weighted by atomic mass is 9.36. The van der Waals surface area contributed by atoms with Crippen LogP contribution in [0, 0.1) is 39.4 Å². The minimum absolute atomic E-state index is 0.0334. The van der Waals surface area contributed by atoms with Crippen molar-refractivity contribution in [2.75, 3.05) is 6.61 Å². The summed E-state index contributed by atoms with van der Waals surface area (Å²) in [6, 6.07) is 0. The van der Waals surface area contributed by atoms with Gasteiger partial charge in [-0.15, -0.1) is 0 Å². The van der Waals surface area contributed by atoms with Gasteiger partial charge in [0, 0.05) is 5.41 Å². The Hall–Kier alpha value is -0.820. The molecule has 4 aliphatic rings. The molecule has 4 aliphatic carbocycles. The third kappa shape index (κ3) is 3.35. The van der Waals surface area contributed by atoms with E-state index in [1.165, 1.54) is 63.4 Å². The molecule has 0 unspecified atom stereocenters. The number of allylic oxidation sites excluding steroid dienone is 5. The summed E-state index contributed by atoms with van der Waals surface area (Å²) < 4.78 is 0. The standard InChI is InChI=1S/C30H48O/c1-21(2)10-8-11-22(3)23-14-18-29(6)24(23)12-13-26-28(5)17-9-16-27(4,20-31)25(28)15-19-30(26,29)7/h9-10,16,24-26,31H,8,11-15,17-20H2,1-7H3/b23-22-/t24-,25-,26-,27+,28-,29-,30-/m0/s1. The lowest BCUT2D eigenvalue weighted by molar-refractivity contribution is -0.184. The van der Waals surface area contributed by atoms with E-state index in [1.807, 2.05) is 5.57 Å². The average Bonchev–Trinajstić information content (AvgIpc) is 3.06. The summed E-state index contributed by atoms with van der Waals surface area (Å²) in [7, 11) is 0. The van der Waals surface area contributed by atoms with Crippen molar-refractivity contribution < 1.29 is 5.11 Å². The molecular formula is C30H48O. The summed E-state index contributed by atoms with van der Waals surface area (Å²) in [5.74, 6) is 2.19. The zero-order valence-electron chi connectivity index (χ0n) is 21.5. The largest absolute Gasteiger partial charge is 0.395 e. The van der Waals surface area contributed by atoms with Crippen molar-refractivity contribution in [2.24, 2.45) is 39.4 Å². The van der Waals surface area contributed by atoms with Crippen molar-refractivity contribution in [3.05, 3.63) is 34.9 Å². The van der Waals surface area contributed by atoms with Crippen LogP contribution in [0.1, 0.15) is 106 Å². The molecule has 0 amide bonds. The van der Waals surface area contributed by atoms with Crippen LogP contribution in [0.15, 0.2) is 34.9 Å². The SMILES string of the molecule is CC(C)=CCC/C(C)=C1/CC[C@@]2(C)[C@H]1CC[C@H]1[C@@]3(C)CC=C[C@](C)(CO)[C@@H]3CC[C@@]12C. The Kier molecular flexibility index (Phi) is 5.94. The minimum Gasteiger partial charge on any atom is -0.395 e. The van der Waals surface area contributed by atoms with Crippen molar-refractivity contribution in [3.63, 3.8) is 0 Å². The molecular weight excluding hydrogens is 376 g/mol. The Labute approximate surface area is 192 Å². The van der Waals surface area contributed by atoms with Crippen LogP contribution in [0.3, 0.4) is 0 Å². The highest BCUT2D eigenvalue weighted by Crippen LogP contribution is 2.74. The first-order chi connectivity index (χ1) is 14.5. The highest BCUT2D eigenvalue weighted by molar-refractivity contribution is 5.29. The van der Waals surface area contributed by atoms with Gasteiger partial charge in [-0.3, -0.25) is 0 Å². The topological polar surface area (TPSA) is 20.2 Å². The van der Waals surface area contributed by atoms with Gasteiger partial charge in [0.15, 0.2) is 0 Å². The lowest BCUT2D eigenvalue weighted by Crippen LogP contribution is -2.61. The molecule has 0 saturated heterocycles. The zero-order valence-corrected chi connectivity index (χ0v) is 21.5. The molecule has 0 aliphatic heterocycles.